The van der Waals surface area contributed by atoms with Gasteiger partial charge in [0.2, 0.25) is 0 Å². The molecular weight excluding hydrogens is 690 g/mol. The normalized spacial score (nSPS) is 22.4. The molecule has 13 nitrogen and oxygen atoms in total. The van der Waals surface area contributed by atoms with Crippen LogP contribution in [0.4, 0.5) is 10.1 Å². The number of nitrogens with zero attached hydrogens (tertiary/aromatic N) is 6. The predicted octanol–water partition coefficient (Wildman–Crippen LogP) is 4.40. The molecule has 2 aliphatic heterocycles. The molecule has 282 valence electrons. The summed E-state index contributed by atoms with van der Waals surface area (Å²) in [6, 6.07) is 8.11. The van der Waals surface area contributed by atoms with Crippen LogP contribution < -0.4 is 9.62 Å². The Morgan fingerprint density at radius 2 is 1.69 bits per heavy atom. The lowest BCUT2D eigenvalue weighted by molar-refractivity contribution is -0.157. The van der Waals surface area contributed by atoms with Gasteiger partial charge in [0, 0.05) is 52.2 Å². The summed E-state index contributed by atoms with van der Waals surface area (Å²) in [6.07, 6.45) is 8.98. The molecule has 2 unspecified atom stereocenters. The van der Waals surface area contributed by atoms with Gasteiger partial charge >= 0.3 is 16.2 Å². The average molecular weight is 740 g/mol. The molecule has 7 rings (SSSR count). The van der Waals surface area contributed by atoms with Gasteiger partial charge in [-0.3, -0.25) is 9.59 Å². The molecule has 0 bridgehead atoms. The number of fused-ring (bicyclic) bond motifs is 1. The standard InChI is InChI=1S/C37H50FN7O6S/c1-4-50-37(47)30-13-8-25(30)23-51-29-16-20-43(21-17-29)27-14-18-44(19-15-27)32-22-31(36(46)41-52(48,49)42(2)3)39-35-33(32)34(24-6-5-7-24)40-45(35)28-11-9-26(38)10-12-28/h9-12,22,24-25,27,29-30H,4-8,13-21,23H2,1-3H3,(H,41,46). The zero-order valence-corrected chi connectivity index (χ0v) is 31.1. The lowest BCUT2D eigenvalue weighted by Gasteiger charge is -2.43. The number of carbonyl (C=O) groups is 2. The molecule has 4 aliphatic rings. The first-order valence-corrected chi connectivity index (χ1v) is 20.2. The van der Waals surface area contributed by atoms with Gasteiger partial charge in [-0.25, -0.2) is 18.8 Å². The van der Waals surface area contributed by atoms with Crippen molar-refractivity contribution in [2.24, 2.45) is 11.8 Å². The van der Waals surface area contributed by atoms with E-state index >= 15 is 0 Å². The maximum atomic E-state index is 13.9. The number of nitrogens with one attached hydrogen (secondary N) is 1. The highest BCUT2D eigenvalue weighted by Crippen LogP contribution is 2.43. The molecule has 52 heavy (non-hydrogen) atoms. The molecule has 1 amide bonds. The third-order valence-corrected chi connectivity index (χ3v) is 12.9. The first-order valence-electron chi connectivity index (χ1n) is 18.7. The maximum Gasteiger partial charge on any atom is 0.309 e. The highest BCUT2D eigenvalue weighted by molar-refractivity contribution is 7.87. The summed E-state index contributed by atoms with van der Waals surface area (Å²) < 4.78 is 55.5. The van der Waals surface area contributed by atoms with Gasteiger partial charge < -0.3 is 19.3 Å². The van der Waals surface area contributed by atoms with Gasteiger partial charge in [0.25, 0.3) is 5.91 Å². The van der Waals surface area contributed by atoms with E-state index in [0.29, 0.717) is 30.6 Å². The van der Waals surface area contributed by atoms with Crippen LogP contribution in [0.1, 0.15) is 86.8 Å². The summed E-state index contributed by atoms with van der Waals surface area (Å²) in [5.41, 5.74) is 2.73. The van der Waals surface area contributed by atoms with Crippen molar-refractivity contribution < 1.29 is 31.9 Å². The van der Waals surface area contributed by atoms with Crippen LogP contribution >= 0.6 is 0 Å². The van der Waals surface area contributed by atoms with Gasteiger partial charge in [0.15, 0.2) is 5.65 Å². The third-order valence-electron chi connectivity index (χ3n) is 11.5. The monoisotopic (exact) mass is 739 g/mol. The van der Waals surface area contributed by atoms with Crippen LogP contribution in [0.2, 0.25) is 0 Å². The van der Waals surface area contributed by atoms with Crippen LogP contribution in [0.5, 0.6) is 0 Å². The van der Waals surface area contributed by atoms with Crippen LogP contribution in [0.25, 0.3) is 16.7 Å². The molecule has 2 aromatic heterocycles. The van der Waals surface area contributed by atoms with Crippen molar-refractivity contribution in [1.29, 1.82) is 0 Å². The predicted molar refractivity (Wildman–Crippen MR) is 194 cm³/mol. The van der Waals surface area contributed by atoms with Gasteiger partial charge in [0.05, 0.1) is 47.7 Å². The van der Waals surface area contributed by atoms with Crippen molar-refractivity contribution >= 4 is 38.8 Å². The Morgan fingerprint density at radius 3 is 2.29 bits per heavy atom. The van der Waals surface area contributed by atoms with Crippen molar-refractivity contribution in [3.8, 4) is 5.69 Å². The highest BCUT2D eigenvalue weighted by Gasteiger charge is 2.39. The number of ether oxygens (including phenoxy) is 2. The van der Waals surface area contributed by atoms with Gasteiger partial charge in [-0.15, -0.1) is 0 Å². The van der Waals surface area contributed by atoms with E-state index in [0.717, 1.165) is 105 Å². The molecule has 2 saturated carbocycles. The Morgan fingerprint density at radius 1 is 0.981 bits per heavy atom. The smallest absolute Gasteiger partial charge is 0.309 e. The fourth-order valence-corrected chi connectivity index (χ4v) is 8.47. The summed E-state index contributed by atoms with van der Waals surface area (Å²) in [4.78, 5) is 35.3. The first kappa shape index (κ1) is 36.7. The quantitative estimate of drug-likeness (QED) is 0.266. The van der Waals surface area contributed by atoms with Gasteiger partial charge in [-0.2, -0.15) is 17.8 Å². The Balaban J connectivity index is 1.08. The number of piperidine rings is 2. The number of pyridine rings is 1. The fourth-order valence-electron chi connectivity index (χ4n) is 7.95. The molecule has 4 heterocycles. The molecular formula is C37H50FN7O6S. The number of anilines is 1. The largest absolute Gasteiger partial charge is 0.466 e. The van der Waals surface area contributed by atoms with E-state index in [9.17, 15) is 22.4 Å². The third kappa shape index (κ3) is 7.55. The van der Waals surface area contributed by atoms with E-state index < -0.39 is 16.1 Å². The number of likely N-dealkylation sites (tertiary alicyclic amines) is 1. The Kier molecular flexibility index (Phi) is 10.8. The second-order valence-electron chi connectivity index (χ2n) is 14.8. The molecule has 15 heteroatoms. The van der Waals surface area contributed by atoms with E-state index in [1.165, 1.54) is 26.2 Å². The number of aromatic nitrogens is 3. The summed E-state index contributed by atoms with van der Waals surface area (Å²) in [7, 11) is -1.36. The average Bonchev–Trinajstić information content (AvgIpc) is 3.46. The second kappa shape index (κ2) is 15.4. The van der Waals surface area contributed by atoms with Gasteiger partial charge in [0.1, 0.15) is 11.5 Å². The van der Waals surface area contributed by atoms with Crippen LogP contribution in [-0.2, 0) is 24.5 Å². The zero-order valence-electron chi connectivity index (χ0n) is 30.3. The Bertz CT molecular complexity index is 1870. The highest BCUT2D eigenvalue weighted by atomic mass is 32.2. The molecule has 4 fully saturated rings. The Hall–Kier alpha value is -3.66. The SMILES string of the molecule is CCOC(=O)C1CCC1COC1CCN(C2CCN(c3cc(C(=O)NS(=O)(=O)N(C)C)nc4c3c(C3CCC3)nn4-c3ccc(F)cc3)CC2)CC1. The van der Waals surface area contributed by atoms with Crippen molar-refractivity contribution in [3.05, 3.63) is 47.5 Å². The fraction of sp³-hybridized carbons (Fsp3) is 0.622. The van der Waals surface area contributed by atoms with Crippen molar-refractivity contribution in [3.63, 3.8) is 0 Å². The minimum absolute atomic E-state index is 0.0227. The lowest BCUT2D eigenvalue weighted by atomic mass is 9.74. The van der Waals surface area contributed by atoms with Crippen LogP contribution in [0.15, 0.2) is 30.3 Å². The van der Waals surface area contributed by atoms with Crippen molar-refractivity contribution in [2.75, 3.05) is 58.4 Å². The van der Waals surface area contributed by atoms with Crippen LogP contribution in [0.3, 0.4) is 0 Å². The molecule has 0 radical (unpaired) electrons. The lowest BCUT2D eigenvalue weighted by Crippen LogP contribution is -2.49. The van der Waals surface area contributed by atoms with Gasteiger partial charge in [-0.1, -0.05) is 6.42 Å². The van der Waals surface area contributed by atoms with E-state index in [4.69, 9.17) is 19.6 Å². The van der Waals surface area contributed by atoms with Crippen molar-refractivity contribution in [2.45, 2.75) is 82.8 Å². The molecule has 3 aromatic rings. The van der Waals surface area contributed by atoms with Crippen LogP contribution in [-0.4, -0.2) is 110 Å². The number of amides is 1. The van der Waals surface area contributed by atoms with E-state index in [1.807, 2.05) is 6.92 Å². The minimum atomic E-state index is -4.06. The number of hydrogen-bond donors (Lipinski definition) is 1. The summed E-state index contributed by atoms with van der Waals surface area (Å²) in [6.45, 7) is 6.30. The molecule has 2 aliphatic carbocycles. The number of hydrogen-bond acceptors (Lipinski definition) is 10. The first-order chi connectivity index (χ1) is 25.0. The molecule has 0 spiro atoms. The molecule has 2 atom stereocenters. The van der Waals surface area contributed by atoms with Gasteiger partial charge in [-0.05, 0) is 94.5 Å². The molecule has 1 aromatic carbocycles. The summed E-state index contributed by atoms with van der Waals surface area (Å²) in [5, 5.41) is 5.88. The summed E-state index contributed by atoms with van der Waals surface area (Å²) in [5.74, 6) is -0.820. The maximum absolute atomic E-state index is 13.9. The second-order valence-corrected chi connectivity index (χ2v) is 16.7. The number of carbonyl (C=O) groups excluding carboxylic acids is 2. The zero-order chi connectivity index (χ0) is 36.6. The van der Waals surface area contributed by atoms with E-state index in [1.54, 1.807) is 22.9 Å². The summed E-state index contributed by atoms with van der Waals surface area (Å²) >= 11 is 0. The van der Waals surface area contributed by atoms with E-state index in [-0.39, 0.29) is 41.3 Å². The topological polar surface area (TPSA) is 139 Å². The molecule has 2 saturated heterocycles. The molecule has 1 N–H and O–H groups in total. The number of halogens is 1. The number of benzene rings is 1. The van der Waals surface area contributed by atoms with Crippen LogP contribution in [0, 0.1) is 17.7 Å². The number of esters is 1. The Labute approximate surface area is 305 Å². The van der Waals surface area contributed by atoms with E-state index in [2.05, 4.69) is 14.5 Å². The van der Waals surface area contributed by atoms with Crippen molar-refractivity contribution in [1.82, 2.24) is 28.7 Å². The number of rotatable bonds is 12. The minimum Gasteiger partial charge on any atom is -0.466 e.